The zero-order valence-corrected chi connectivity index (χ0v) is 6.54. The summed E-state index contributed by atoms with van der Waals surface area (Å²) in [5.41, 5.74) is 0.970. The molecule has 2 nitrogen and oxygen atoms in total. The first-order valence-corrected chi connectivity index (χ1v) is 3.91. The minimum Gasteiger partial charge on any atom is -0.316 e. The molecule has 51 valence electrons. The molecule has 2 aliphatic rings. The van der Waals surface area contributed by atoms with Crippen LogP contribution in [0.3, 0.4) is 0 Å². The van der Waals surface area contributed by atoms with E-state index in [0.29, 0.717) is 5.03 Å². The lowest BCUT2D eigenvalue weighted by Gasteiger charge is -2.13. The highest BCUT2D eigenvalue weighted by molar-refractivity contribution is 7.95. The molecule has 0 aromatic rings. The molecule has 0 spiro atoms. The molecule has 2 rings (SSSR count). The van der Waals surface area contributed by atoms with E-state index >= 15 is 0 Å². The molecule has 0 fully saturated rings. The Kier molecular flexibility index (Phi) is 1.39. The topological polar surface area (TPSA) is 15.3 Å². The summed E-state index contributed by atoms with van der Waals surface area (Å²) in [7, 11) is 0. The minimum absolute atomic E-state index is 0.645. The van der Waals surface area contributed by atoms with Crippen LogP contribution in [-0.4, -0.2) is 4.31 Å². The first-order valence-electron chi connectivity index (χ1n) is 2.76. The van der Waals surface area contributed by atoms with Gasteiger partial charge in [0.15, 0.2) is 0 Å². The van der Waals surface area contributed by atoms with Crippen LogP contribution in [0.4, 0.5) is 0 Å². The zero-order valence-electron chi connectivity index (χ0n) is 4.97. The number of hydrogen-bond acceptors (Lipinski definition) is 3. The molecule has 0 atom stereocenters. The first-order chi connectivity index (χ1) is 4.86. The normalized spacial score (nSPS) is 21.5. The lowest BCUT2D eigenvalue weighted by atomic mass is 10.3. The van der Waals surface area contributed by atoms with E-state index in [1.807, 2.05) is 16.7 Å². The molecule has 2 heterocycles. The van der Waals surface area contributed by atoms with Crippen LogP contribution in [0.1, 0.15) is 0 Å². The Morgan fingerprint density at radius 2 is 2.60 bits per heavy atom. The summed E-state index contributed by atoms with van der Waals surface area (Å²) in [5.74, 6) is 0. The van der Waals surface area contributed by atoms with E-state index in [1.54, 1.807) is 6.08 Å². The highest BCUT2D eigenvalue weighted by Gasteiger charge is 2.14. The van der Waals surface area contributed by atoms with E-state index in [9.17, 15) is 0 Å². The molecule has 2 aliphatic heterocycles. The molecule has 0 aromatic carbocycles. The number of hydrogen-bond donors (Lipinski definition) is 1. The summed E-state index contributed by atoms with van der Waals surface area (Å²) in [4.78, 5) is 0. The Labute approximate surface area is 68.5 Å². The molecule has 0 amide bonds. The quantitative estimate of drug-likeness (QED) is 0.559. The second kappa shape index (κ2) is 2.25. The van der Waals surface area contributed by atoms with E-state index < -0.39 is 0 Å². The summed E-state index contributed by atoms with van der Waals surface area (Å²) >= 11 is 7.20. The largest absolute Gasteiger partial charge is 0.316 e. The standard InChI is InChI=1S/C6H4ClN2S/c7-5-1-2-9-6(3-5)4-8-10-9/h1-2,4,8H. The fourth-order valence-electron chi connectivity index (χ4n) is 0.751. The van der Waals surface area contributed by atoms with Gasteiger partial charge in [-0.1, -0.05) is 11.6 Å². The lowest BCUT2D eigenvalue weighted by molar-refractivity contribution is 0.797. The Bertz CT molecular complexity index is 244. The molecule has 0 bridgehead atoms. The molecule has 0 unspecified atom stereocenters. The summed E-state index contributed by atoms with van der Waals surface area (Å²) < 4.78 is 4.93. The Balaban J connectivity index is 2.34. The van der Waals surface area contributed by atoms with Gasteiger partial charge < -0.3 is 4.72 Å². The van der Waals surface area contributed by atoms with Crippen LogP contribution < -0.4 is 4.72 Å². The van der Waals surface area contributed by atoms with Crippen LogP contribution in [0, 0.1) is 6.08 Å². The number of rotatable bonds is 0. The summed E-state index contributed by atoms with van der Waals surface area (Å²) in [5, 5.41) is 0.645. The van der Waals surface area contributed by atoms with Crippen LogP contribution in [0.15, 0.2) is 29.2 Å². The Hall–Kier alpha value is -0.540. The molecule has 1 radical (unpaired) electrons. The van der Waals surface area contributed by atoms with E-state index in [0.717, 1.165) is 5.70 Å². The fraction of sp³-hybridized carbons (Fsp3) is 0. The molecule has 0 aliphatic carbocycles. The molecule has 0 saturated carbocycles. The zero-order chi connectivity index (χ0) is 6.97. The Morgan fingerprint density at radius 1 is 1.70 bits per heavy atom. The molecule has 0 saturated heterocycles. The van der Waals surface area contributed by atoms with Crippen molar-refractivity contribution in [2.24, 2.45) is 0 Å². The van der Waals surface area contributed by atoms with Gasteiger partial charge in [0.25, 0.3) is 0 Å². The van der Waals surface area contributed by atoms with Crippen LogP contribution >= 0.6 is 23.7 Å². The van der Waals surface area contributed by atoms with Crippen LogP contribution in [0.25, 0.3) is 0 Å². The molecule has 4 heteroatoms. The number of allylic oxidation sites excluding steroid dienone is 3. The summed E-state index contributed by atoms with van der Waals surface area (Å²) in [6.07, 6.45) is 8.54. The van der Waals surface area contributed by atoms with Gasteiger partial charge in [0.2, 0.25) is 0 Å². The van der Waals surface area contributed by atoms with Crippen molar-refractivity contribution in [3.05, 3.63) is 35.3 Å². The predicted molar refractivity (Wildman–Crippen MR) is 42.4 cm³/mol. The number of fused-ring (bicyclic) bond motifs is 1. The second-order valence-corrected chi connectivity index (χ2v) is 3.07. The smallest absolute Gasteiger partial charge is 0.0795 e. The van der Waals surface area contributed by atoms with Gasteiger partial charge in [-0.05, 0) is 6.08 Å². The van der Waals surface area contributed by atoms with Gasteiger partial charge in [-0.2, -0.15) is 0 Å². The monoisotopic (exact) mass is 171 g/mol. The highest BCUT2D eigenvalue weighted by atomic mass is 35.5. The van der Waals surface area contributed by atoms with Crippen molar-refractivity contribution in [2.45, 2.75) is 0 Å². The van der Waals surface area contributed by atoms with Gasteiger partial charge in [-0.15, -0.1) is 0 Å². The highest BCUT2D eigenvalue weighted by Crippen LogP contribution is 2.27. The van der Waals surface area contributed by atoms with Crippen LogP contribution in [-0.2, 0) is 0 Å². The third-order valence-corrected chi connectivity index (χ3v) is 2.15. The third kappa shape index (κ3) is 0.914. The molecule has 10 heavy (non-hydrogen) atoms. The van der Waals surface area contributed by atoms with Gasteiger partial charge in [0.05, 0.1) is 22.9 Å². The van der Waals surface area contributed by atoms with E-state index in [4.69, 9.17) is 11.6 Å². The van der Waals surface area contributed by atoms with E-state index in [-0.39, 0.29) is 0 Å². The van der Waals surface area contributed by atoms with Gasteiger partial charge in [-0.3, -0.25) is 4.31 Å². The van der Waals surface area contributed by atoms with Crippen molar-refractivity contribution in [3.63, 3.8) is 0 Å². The average Bonchev–Trinajstić information content (AvgIpc) is 2.33. The van der Waals surface area contributed by atoms with Crippen molar-refractivity contribution < 1.29 is 0 Å². The number of nitrogens with one attached hydrogen (secondary N) is 1. The number of nitrogens with zero attached hydrogens (tertiary/aromatic N) is 1. The maximum absolute atomic E-state index is 5.70. The van der Waals surface area contributed by atoms with Crippen molar-refractivity contribution in [1.29, 1.82) is 0 Å². The van der Waals surface area contributed by atoms with Crippen molar-refractivity contribution in [1.82, 2.24) is 9.03 Å². The maximum Gasteiger partial charge on any atom is 0.0795 e. The van der Waals surface area contributed by atoms with E-state index in [2.05, 4.69) is 10.8 Å². The number of halogens is 1. The SMILES string of the molecule is ClC1=[C]C2=CNSN2C=C1. The average molecular weight is 172 g/mol. The van der Waals surface area contributed by atoms with Crippen molar-refractivity contribution >= 4 is 23.7 Å². The molecule has 1 N–H and O–H groups in total. The van der Waals surface area contributed by atoms with Crippen molar-refractivity contribution in [3.8, 4) is 0 Å². The minimum atomic E-state index is 0.645. The lowest BCUT2D eigenvalue weighted by Crippen LogP contribution is -2.04. The molecule has 0 aromatic heterocycles. The maximum atomic E-state index is 5.70. The fourth-order valence-corrected chi connectivity index (χ4v) is 1.50. The second-order valence-electron chi connectivity index (χ2n) is 1.85. The van der Waals surface area contributed by atoms with E-state index in [1.165, 1.54) is 12.1 Å². The first kappa shape index (κ1) is 6.19. The Morgan fingerprint density at radius 3 is 3.50 bits per heavy atom. The molecular weight excluding hydrogens is 168 g/mol. The van der Waals surface area contributed by atoms with Gasteiger partial charge in [0.1, 0.15) is 0 Å². The van der Waals surface area contributed by atoms with Crippen molar-refractivity contribution in [2.75, 3.05) is 0 Å². The van der Waals surface area contributed by atoms with Gasteiger partial charge in [-0.25, -0.2) is 0 Å². The third-order valence-electron chi connectivity index (χ3n) is 1.19. The predicted octanol–water partition coefficient (Wildman–Crippen LogP) is 1.75. The van der Waals surface area contributed by atoms with Gasteiger partial charge >= 0.3 is 0 Å². The summed E-state index contributed by atoms with van der Waals surface area (Å²) in [6, 6.07) is 0. The van der Waals surface area contributed by atoms with Crippen LogP contribution in [0.2, 0.25) is 0 Å². The summed E-state index contributed by atoms with van der Waals surface area (Å²) in [6.45, 7) is 0. The van der Waals surface area contributed by atoms with Crippen LogP contribution in [0.5, 0.6) is 0 Å². The molecular formula is C6H4ClN2S. The van der Waals surface area contributed by atoms with Gasteiger partial charge in [0, 0.05) is 18.5 Å².